The Balaban J connectivity index is 1.86. The van der Waals surface area contributed by atoms with E-state index in [0.717, 1.165) is 25.9 Å². The van der Waals surface area contributed by atoms with Gasteiger partial charge in [-0.3, -0.25) is 4.68 Å². The zero-order chi connectivity index (χ0) is 14.8. The fourth-order valence-corrected chi connectivity index (χ4v) is 3.53. The van der Waals surface area contributed by atoms with Gasteiger partial charge in [-0.2, -0.15) is 5.10 Å². The molecule has 2 aromatic rings. The Morgan fingerprint density at radius 3 is 2.71 bits per heavy atom. The molecule has 112 valence electrons. The van der Waals surface area contributed by atoms with Crippen LogP contribution in [0.15, 0.2) is 24.3 Å². The van der Waals surface area contributed by atoms with Gasteiger partial charge in [0.05, 0.1) is 5.69 Å². The van der Waals surface area contributed by atoms with Gasteiger partial charge in [0.15, 0.2) is 0 Å². The molecular formula is C18H25N3. The Bertz CT molecular complexity index is 627. The summed E-state index contributed by atoms with van der Waals surface area (Å²) in [6.45, 7) is 6.38. The second kappa shape index (κ2) is 6.02. The van der Waals surface area contributed by atoms with Crippen molar-refractivity contribution in [2.45, 2.75) is 52.1 Å². The number of benzene rings is 1. The number of nitrogens with zero attached hydrogens (tertiary/aromatic N) is 2. The lowest BCUT2D eigenvalue weighted by molar-refractivity contribution is 0.461. The molecule has 21 heavy (non-hydrogen) atoms. The van der Waals surface area contributed by atoms with Gasteiger partial charge in [-0.05, 0) is 37.4 Å². The largest absolute Gasteiger partial charge is 0.316 e. The summed E-state index contributed by atoms with van der Waals surface area (Å²) in [7, 11) is 2.01. The molecule has 1 N–H and O–H groups in total. The van der Waals surface area contributed by atoms with Gasteiger partial charge in [0.25, 0.3) is 0 Å². The Kier molecular flexibility index (Phi) is 4.11. The summed E-state index contributed by atoms with van der Waals surface area (Å²) in [5.74, 6) is 0.638. The zero-order valence-corrected chi connectivity index (χ0v) is 13.3. The molecule has 0 amide bonds. The minimum Gasteiger partial charge on any atom is -0.316 e. The third-order valence-electron chi connectivity index (χ3n) is 4.63. The van der Waals surface area contributed by atoms with E-state index >= 15 is 0 Å². The number of aromatic nitrogens is 2. The molecule has 0 fully saturated rings. The normalized spacial score (nSPS) is 16.6. The molecule has 1 atom stereocenters. The van der Waals surface area contributed by atoms with Gasteiger partial charge >= 0.3 is 0 Å². The second-order valence-corrected chi connectivity index (χ2v) is 5.89. The van der Waals surface area contributed by atoms with Crippen molar-refractivity contribution < 1.29 is 0 Å². The summed E-state index contributed by atoms with van der Waals surface area (Å²) >= 11 is 0. The average molecular weight is 283 g/mol. The summed E-state index contributed by atoms with van der Waals surface area (Å²) in [6, 6.07) is 8.81. The van der Waals surface area contributed by atoms with Crippen LogP contribution in [0.25, 0.3) is 0 Å². The summed E-state index contributed by atoms with van der Waals surface area (Å²) in [6.07, 6.45) is 3.26. The van der Waals surface area contributed by atoms with E-state index in [0.29, 0.717) is 5.92 Å². The molecule has 1 heterocycles. The fourth-order valence-electron chi connectivity index (χ4n) is 3.53. The first-order valence-electron chi connectivity index (χ1n) is 8.08. The van der Waals surface area contributed by atoms with Crippen LogP contribution in [0.5, 0.6) is 0 Å². The first-order valence-corrected chi connectivity index (χ1v) is 8.08. The fraction of sp³-hybridized carbons (Fsp3) is 0.500. The standard InChI is InChI=1S/C18H25N3/c1-4-17-16(11-19-3)18(5-2)21(20-17)12-14-10-13-8-6-7-9-15(13)14/h6-9,14,19H,4-5,10-12H2,1-3H3. The van der Waals surface area contributed by atoms with Gasteiger partial charge < -0.3 is 5.32 Å². The summed E-state index contributed by atoms with van der Waals surface area (Å²) in [5, 5.41) is 8.18. The maximum Gasteiger partial charge on any atom is 0.0669 e. The van der Waals surface area contributed by atoms with E-state index in [1.54, 1.807) is 0 Å². The van der Waals surface area contributed by atoms with Crippen LogP contribution in [0.2, 0.25) is 0 Å². The van der Waals surface area contributed by atoms with E-state index in [1.165, 1.54) is 34.5 Å². The molecule has 0 aliphatic heterocycles. The second-order valence-electron chi connectivity index (χ2n) is 5.89. The molecule has 0 bridgehead atoms. The molecule has 0 radical (unpaired) electrons. The lowest BCUT2D eigenvalue weighted by Crippen LogP contribution is -2.23. The van der Waals surface area contributed by atoms with Crippen LogP contribution >= 0.6 is 0 Å². The highest BCUT2D eigenvalue weighted by Gasteiger charge is 2.27. The van der Waals surface area contributed by atoms with Crippen LogP contribution in [0.3, 0.4) is 0 Å². The van der Waals surface area contributed by atoms with E-state index in [2.05, 4.69) is 48.1 Å². The quantitative estimate of drug-likeness (QED) is 0.883. The van der Waals surface area contributed by atoms with Gasteiger partial charge in [-0.25, -0.2) is 0 Å². The van der Waals surface area contributed by atoms with E-state index in [4.69, 9.17) is 5.10 Å². The van der Waals surface area contributed by atoms with E-state index in [-0.39, 0.29) is 0 Å². The molecule has 1 aliphatic rings. The molecule has 1 aliphatic carbocycles. The molecule has 0 spiro atoms. The number of nitrogens with one attached hydrogen (secondary N) is 1. The number of hydrogen-bond acceptors (Lipinski definition) is 2. The number of rotatable bonds is 6. The summed E-state index contributed by atoms with van der Waals surface area (Å²) in [4.78, 5) is 0. The van der Waals surface area contributed by atoms with Crippen molar-refractivity contribution in [3.8, 4) is 0 Å². The van der Waals surface area contributed by atoms with Crippen molar-refractivity contribution in [1.29, 1.82) is 0 Å². The molecule has 3 nitrogen and oxygen atoms in total. The Morgan fingerprint density at radius 2 is 2.05 bits per heavy atom. The predicted molar refractivity (Wildman–Crippen MR) is 86.6 cm³/mol. The SMILES string of the molecule is CCc1nn(CC2Cc3ccccc32)c(CC)c1CNC. The Morgan fingerprint density at radius 1 is 1.24 bits per heavy atom. The van der Waals surface area contributed by atoms with Crippen LogP contribution in [0.4, 0.5) is 0 Å². The maximum absolute atomic E-state index is 4.89. The minimum absolute atomic E-state index is 0.638. The van der Waals surface area contributed by atoms with Crippen molar-refractivity contribution in [2.75, 3.05) is 7.05 Å². The van der Waals surface area contributed by atoms with Crippen molar-refractivity contribution in [1.82, 2.24) is 15.1 Å². The smallest absolute Gasteiger partial charge is 0.0669 e. The van der Waals surface area contributed by atoms with Crippen LogP contribution in [-0.2, 0) is 32.4 Å². The third kappa shape index (κ3) is 2.51. The van der Waals surface area contributed by atoms with Gasteiger partial charge in [-0.15, -0.1) is 0 Å². The predicted octanol–water partition coefficient (Wildman–Crippen LogP) is 3.07. The Labute approximate surface area is 127 Å². The zero-order valence-electron chi connectivity index (χ0n) is 13.3. The van der Waals surface area contributed by atoms with Crippen molar-refractivity contribution in [3.63, 3.8) is 0 Å². The van der Waals surface area contributed by atoms with Crippen LogP contribution < -0.4 is 5.32 Å². The highest BCUT2D eigenvalue weighted by molar-refractivity contribution is 5.40. The topological polar surface area (TPSA) is 29.9 Å². The number of hydrogen-bond donors (Lipinski definition) is 1. The highest BCUT2D eigenvalue weighted by atomic mass is 15.3. The molecule has 3 rings (SSSR count). The molecule has 1 aromatic heterocycles. The monoisotopic (exact) mass is 283 g/mol. The lowest BCUT2D eigenvalue weighted by Gasteiger charge is -2.30. The van der Waals surface area contributed by atoms with Crippen LogP contribution in [0, 0.1) is 0 Å². The van der Waals surface area contributed by atoms with Crippen LogP contribution in [0.1, 0.15) is 47.8 Å². The third-order valence-corrected chi connectivity index (χ3v) is 4.63. The summed E-state index contributed by atoms with van der Waals surface area (Å²) < 4.78 is 2.27. The molecule has 0 saturated heterocycles. The molecule has 0 saturated carbocycles. The number of fused-ring (bicyclic) bond motifs is 1. The lowest BCUT2D eigenvalue weighted by atomic mass is 9.77. The highest BCUT2D eigenvalue weighted by Crippen LogP contribution is 2.36. The molecule has 1 aromatic carbocycles. The van der Waals surface area contributed by atoms with Crippen molar-refractivity contribution >= 4 is 0 Å². The number of aryl methyl sites for hydroxylation is 1. The molecular weight excluding hydrogens is 258 g/mol. The Hall–Kier alpha value is -1.61. The average Bonchev–Trinajstić information content (AvgIpc) is 2.82. The molecule has 1 unspecified atom stereocenters. The van der Waals surface area contributed by atoms with Crippen molar-refractivity contribution in [2.24, 2.45) is 0 Å². The van der Waals surface area contributed by atoms with Gasteiger partial charge in [0, 0.05) is 30.3 Å². The van der Waals surface area contributed by atoms with Gasteiger partial charge in [0.1, 0.15) is 0 Å². The molecule has 3 heteroatoms. The van der Waals surface area contributed by atoms with Gasteiger partial charge in [0.2, 0.25) is 0 Å². The van der Waals surface area contributed by atoms with Gasteiger partial charge in [-0.1, -0.05) is 38.1 Å². The van der Waals surface area contributed by atoms with Crippen LogP contribution in [-0.4, -0.2) is 16.8 Å². The van der Waals surface area contributed by atoms with Crippen molar-refractivity contribution in [3.05, 3.63) is 52.3 Å². The first kappa shape index (κ1) is 14.3. The van der Waals surface area contributed by atoms with E-state index in [9.17, 15) is 0 Å². The first-order chi connectivity index (χ1) is 10.3. The minimum atomic E-state index is 0.638. The van der Waals surface area contributed by atoms with E-state index in [1.807, 2.05) is 7.05 Å². The van der Waals surface area contributed by atoms with E-state index < -0.39 is 0 Å². The summed E-state index contributed by atoms with van der Waals surface area (Å²) in [5.41, 5.74) is 7.11. The maximum atomic E-state index is 4.89.